The first-order valence-electron chi connectivity index (χ1n) is 6.46. The van der Waals surface area contributed by atoms with Gasteiger partial charge in [-0.3, -0.25) is 0 Å². The molecule has 2 heterocycles. The van der Waals surface area contributed by atoms with Crippen molar-refractivity contribution >= 4 is 43.6 Å². The maximum Gasteiger partial charge on any atom is 0.247 e. The molecule has 1 aromatic rings. The Morgan fingerprint density at radius 1 is 1.55 bits per heavy atom. The summed E-state index contributed by atoms with van der Waals surface area (Å²) < 4.78 is 48.1. The van der Waals surface area contributed by atoms with Crippen LogP contribution in [0.2, 0.25) is 0 Å². The summed E-state index contributed by atoms with van der Waals surface area (Å²) in [5.41, 5.74) is 0.506. The number of primary sulfonamides is 1. The number of halogens is 1. The molecule has 1 aromatic heterocycles. The van der Waals surface area contributed by atoms with Crippen LogP contribution >= 0.6 is 23.7 Å². The smallest absolute Gasteiger partial charge is 0.247 e. The van der Waals surface area contributed by atoms with Crippen molar-refractivity contribution in [3.8, 4) is 0 Å². The third-order valence-electron chi connectivity index (χ3n) is 3.43. The summed E-state index contributed by atoms with van der Waals surface area (Å²) in [6.45, 7) is 6.17. The molecule has 0 aromatic carbocycles. The highest BCUT2D eigenvalue weighted by Crippen LogP contribution is 2.43. The Morgan fingerprint density at radius 2 is 2.18 bits per heavy atom. The molecule has 1 aliphatic heterocycles. The Morgan fingerprint density at radius 3 is 2.68 bits per heavy atom. The van der Waals surface area contributed by atoms with Gasteiger partial charge in [-0.2, -0.15) is 0 Å². The molecule has 0 aliphatic carbocycles. The van der Waals surface area contributed by atoms with Crippen molar-refractivity contribution in [2.24, 2.45) is 5.14 Å². The molecule has 0 saturated carbocycles. The Balaban J connectivity index is 0.00000242. The molecule has 0 amide bonds. The van der Waals surface area contributed by atoms with Crippen molar-refractivity contribution in [1.82, 2.24) is 5.32 Å². The second-order valence-electron chi connectivity index (χ2n) is 4.89. The van der Waals surface area contributed by atoms with Gasteiger partial charge >= 0.3 is 0 Å². The minimum atomic E-state index is -3.91. The summed E-state index contributed by atoms with van der Waals surface area (Å²) in [6.07, 6.45) is 2.31. The SMILES string of the molecule is C=CC[C@H]1C[C@@H](NCC)c2cc(S(N)(=O)=O)sc2S1(=O)=O.Cl. The van der Waals surface area contributed by atoms with Crippen LogP contribution in [0.25, 0.3) is 0 Å². The number of hydrogen-bond acceptors (Lipinski definition) is 6. The average molecular weight is 387 g/mol. The Kier molecular flexibility index (Phi) is 6.22. The molecule has 2 atom stereocenters. The van der Waals surface area contributed by atoms with Gasteiger partial charge in [-0.15, -0.1) is 30.3 Å². The zero-order chi connectivity index (χ0) is 15.8. The third kappa shape index (κ3) is 3.55. The van der Waals surface area contributed by atoms with Crippen molar-refractivity contribution < 1.29 is 16.8 Å². The number of nitrogens with two attached hydrogens (primary N) is 1. The topological polar surface area (TPSA) is 106 Å². The van der Waals surface area contributed by atoms with Crippen LogP contribution in [-0.2, 0) is 19.9 Å². The van der Waals surface area contributed by atoms with Crippen LogP contribution in [0.15, 0.2) is 27.1 Å². The lowest BCUT2D eigenvalue weighted by Crippen LogP contribution is -2.34. The van der Waals surface area contributed by atoms with E-state index in [1.165, 1.54) is 6.07 Å². The van der Waals surface area contributed by atoms with Gasteiger partial charge in [0, 0.05) is 11.6 Å². The van der Waals surface area contributed by atoms with Crippen LogP contribution in [0, 0.1) is 0 Å². The van der Waals surface area contributed by atoms with E-state index in [2.05, 4.69) is 11.9 Å². The zero-order valence-electron chi connectivity index (χ0n) is 12.0. The summed E-state index contributed by atoms with van der Waals surface area (Å²) in [7, 11) is -7.46. The van der Waals surface area contributed by atoms with Crippen molar-refractivity contribution in [2.45, 2.75) is 39.5 Å². The largest absolute Gasteiger partial charge is 0.310 e. The van der Waals surface area contributed by atoms with Crippen LogP contribution in [0.1, 0.15) is 31.4 Å². The van der Waals surface area contributed by atoms with Crippen LogP contribution in [0.3, 0.4) is 0 Å². The number of fused-ring (bicyclic) bond motifs is 1. The molecular weight excluding hydrogens is 368 g/mol. The molecule has 0 fully saturated rings. The quantitative estimate of drug-likeness (QED) is 0.747. The van der Waals surface area contributed by atoms with E-state index in [1.54, 1.807) is 6.08 Å². The van der Waals surface area contributed by atoms with Crippen molar-refractivity contribution in [2.75, 3.05) is 6.54 Å². The van der Waals surface area contributed by atoms with Crippen molar-refractivity contribution in [1.29, 1.82) is 0 Å². The van der Waals surface area contributed by atoms with E-state index in [-0.39, 0.29) is 26.9 Å². The molecule has 0 radical (unpaired) electrons. The molecule has 0 bridgehead atoms. The standard InChI is InChI=1S/C12H18N2O4S3.ClH/c1-3-5-8-6-10(14-4-2)9-7-11(21(13,17)18)19-12(9)20(8,15)16;/h3,7-8,10,14H,1,4-6H2,2H3,(H2,13,17,18);1H/t8-,10+;/m0./s1. The maximum absolute atomic E-state index is 12.6. The van der Waals surface area contributed by atoms with Crippen molar-refractivity contribution in [3.05, 3.63) is 24.3 Å². The van der Waals surface area contributed by atoms with Crippen LogP contribution in [-0.4, -0.2) is 28.6 Å². The minimum Gasteiger partial charge on any atom is -0.310 e. The number of thiophene rings is 1. The highest BCUT2D eigenvalue weighted by Gasteiger charge is 2.40. The lowest BCUT2D eigenvalue weighted by Gasteiger charge is -2.29. The van der Waals surface area contributed by atoms with E-state index in [0.29, 0.717) is 24.9 Å². The molecule has 1 aliphatic rings. The lowest BCUT2D eigenvalue weighted by molar-refractivity contribution is 0.469. The molecule has 10 heteroatoms. The van der Waals surface area contributed by atoms with Gasteiger partial charge in [0.2, 0.25) is 10.0 Å². The fraction of sp³-hybridized carbons (Fsp3) is 0.500. The number of hydrogen-bond donors (Lipinski definition) is 2. The van der Waals surface area contributed by atoms with Crippen LogP contribution < -0.4 is 10.5 Å². The number of sulfonamides is 1. The van der Waals surface area contributed by atoms with Gasteiger partial charge < -0.3 is 5.32 Å². The van der Waals surface area contributed by atoms with E-state index >= 15 is 0 Å². The number of sulfone groups is 1. The summed E-state index contributed by atoms with van der Waals surface area (Å²) in [5.74, 6) is 0. The average Bonchev–Trinajstić information content (AvgIpc) is 2.82. The Bertz CT molecular complexity index is 755. The number of rotatable bonds is 5. The van der Waals surface area contributed by atoms with Gasteiger partial charge in [0.1, 0.15) is 8.42 Å². The van der Waals surface area contributed by atoms with Crippen molar-refractivity contribution in [3.63, 3.8) is 0 Å². The first-order valence-corrected chi connectivity index (χ1v) is 10.4. The van der Waals surface area contributed by atoms with Gasteiger partial charge in [0.25, 0.3) is 0 Å². The fourth-order valence-electron chi connectivity index (χ4n) is 2.49. The summed E-state index contributed by atoms with van der Waals surface area (Å²) in [5, 5.41) is 7.74. The lowest BCUT2D eigenvalue weighted by atomic mass is 10.0. The van der Waals surface area contributed by atoms with E-state index in [9.17, 15) is 16.8 Å². The minimum absolute atomic E-state index is 0. The molecule has 2 rings (SSSR count). The maximum atomic E-state index is 12.6. The van der Waals surface area contributed by atoms with Gasteiger partial charge in [0.05, 0.1) is 5.25 Å². The third-order valence-corrected chi connectivity index (χ3v) is 8.76. The molecule has 0 unspecified atom stereocenters. The predicted octanol–water partition coefficient (Wildman–Crippen LogP) is 1.59. The van der Waals surface area contributed by atoms with Crippen LogP contribution in [0.4, 0.5) is 0 Å². The van der Waals surface area contributed by atoms with E-state index < -0.39 is 25.1 Å². The van der Waals surface area contributed by atoms with E-state index in [1.807, 2.05) is 6.92 Å². The molecular formula is C12H19ClN2O4S3. The first kappa shape index (κ1) is 19.6. The first-order chi connectivity index (χ1) is 9.71. The van der Waals surface area contributed by atoms with Gasteiger partial charge in [-0.25, -0.2) is 22.0 Å². The Labute approximate surface area is 141 Å². The molecule has 0 saturated heterocycles. The van der Waals surface area contributed by atoms with E-state index in [0.717, 1.165) is 11.3 Å². The highest BCUT2D eigenvalue weighted by molar-refractivity contribution is 7.95. The van der Waals surface area contributed by atoms with Gasteiger partial charge in [-0.1, -0.05) is 13.0 Å². The molecule has 6 nitrogen and oxygen atoms in total. The monoisotopic (exact) mass is 386 g/mol. The highest BCUT2D eigenvalue weighted by atomic mass is 35.5. The molecule has 0 spiro atoms. The molecule has 3 N–H and O–H groups in total. The van der Waals surface area contributed by atoms with Gasteiger partial charge in [-0.05, 0) is 25.5 Å². The molecule has 22 heavy (non-hydrogen) atoms. The van der Waals surface area contributed by atoms with Crippen LogP contribution in [0.5, 0.6) is 0 Å². The predicted molar refractivity (Wildman–Crippen MR) is 89.8 cm³/mol. The number of nitrogens with one attached hydrogen (secondary N) is 1. The van der Waals surface area contributed by atoms with Gasteiger partial charge in [0.15, 0.2) is 9.84 Å². The zero-order valence-corrected chi connectivity index (χ0v) is 15.2. The summed E-state index contributed by atoms with van der Waals surface area (Å²) >= 11 is 0.733. The van der Waals surface area contributed by atoms with E-state index in [4.69, 9.17) is 5.14 Å². The number of allylic oxidation sites excluding steroid dienone is 1. The summed E-state index contributed by atoms with van der Waals surface area (Å²) in [6, 6.07) is 1.19. The molecule has 126 valence electrons. The fourth-order valence-corrected chi connectivity index (χ4v) is 7.15. The second-order valence-corrected chi connectivity index (χ2v) is 10.2. The normalized spacial score (nSPS) is 23.4. The second kappa shape index (κ2) is 6.98. The summed E-state index contributed by atoms with van der Waals surface area (Å²) in [4.78, 5) is 0. The Hall–Kier alpha value is -0.450.